The van der Waals surface area contributed by atoms with Crippen molar-refractivity contribution in [1.82, 2.24) is 9.97 Å². The zero-order valence-corrected chi connectivity index (χ0v) is 14.7. The Balaban J connectivity index is 1.54. The maximum absolute atomic E-state index is 12.9. The maximum atomic E-state index is 12.9. The molecule has 1 amide bonds. The van der Waals surface area contributed by atoms with Gasteiger partial charge in [0.2, 0.25) is 0 Å². The molecule has 2 heterocycles. The molecule has 132 valence electrons. The Kier molecular flexibility index (Phi) is 5.55. The zero-order chi connectivity index (χ0) is 18.5. The molecule has 1 N–H and O–H groups in total. The van der Waals surface area contributed by atoms with Crippen molar-refractivity contribution in [3.05, 3.63) is 64.5 Å². The molecule has 0 saturated heterocycles. The topological polar surface area (TPSA) is 81.2 Å². The fraction of sp³-hybridized carbons (Fsp3) is 0.0588. The van der Waals surface area contributed by atoms with Crippen LogP contribution in [0.15, 0.2) is 48.0 Å². The molecule has 1 aromatic carbocycles. The largest absolute Gasteiger partial charge is 0.452 e. The van der Waals surface area contributed by atoms with E-state index in [9.17, 15) is 14.0 Å². The van der Waals surface area contributed by atoms with Gasteiger partial charge in [-0.25, -0.2) is 19.2 Å². The summed E-state index contributed by atoms with van der Waals surface area (Å²) < 4.78 is 17.9. The number of pyridine rings is 1. The van der Waals surface area contributed by atoms with Gasteiger partial charge in [-0.15, -0.1) is 11.3 Å². The summed E-state index contributed by atoms with van der Waals surface area (Å²) in [7, 11) is 0. The molecule has 9 heteroatoms. The van der Waals surface area contributed by atoms with Crippen LogP contribution in [0.1, 0.15) is 10.4 Å². The minimum absolute atomic E-state index is 0.190. The number of ether oxygens (including phenoxy) is 1. The molecule has 0 saturated carbocycles. The van der Waals surface area contributed by atoms with Gasteiger partial charge in [0.1, 0.15) is 11.0 Å². The van der Waals surface area contributed by atoms with Crippen molar-refractivity contribution < 1.29 is 18.7 Å². The Labute approximate surface area is 156 Å². The number of hydrogen-bond acceptors (Lipinski definition) is 6. The minimum atomic E-state index is -0.685. The van der Waals surface area contributed by atoms with Crippen LogP contribution in [0, 0.1) is 5.82 Å². The van der Waals surface area contributed by atoms with Gasteiger partial charge >= 0.3 is 5.97 Å². The third kappa shape index (κ3) is 4.62. The molecule has 0 aliphatic rings. The Morgan fingerprint density at radius 1 is 1.19 bits per heavy atom. The monoisotopic (exact) mass is 391 g/mol. The predicted molar refractivity (Wildman–Crippen MR) is 95.7 cm³/mol. The van der Waals surface area contributed by atoms with Gasteiger partial charge in [-0.1, -0.05) is 11.6 Å². The van der Waals surface area contributed by atoms with Crippen LogP contribution in [0.2, 0.25) is 5.15 Å². The highest BCUT2D eigenvalue weighted by Gasteiger charge is 2.12. The molecule has 0 spiro atoms. The van der Waals surface area contributed by atoms with Gasteiger partial charge in [-0.3, -0.25) is 10.1 Å². The molecule has 0 unspecified atom stereocenters. The highest BCUT2D eigenvalue weighted by molar-refractivity contribution is 7.14. The summed E-state index contributed by atoms with van der Waals surface area (Å²) in [4.78, 5) is 31.7. The molecular formula is C17H11ClFN3O3S. The standard InChI is InChI=1S/C17H11ClFN3O3S/c18-14-6-3-11(7-20-14)16(24)25-8-15(23)22-17-21-13(9-26-17)10-1-4-12(19)5-2-10/h1-7,9H,8H2,(H,21,22,23). The van der Waals surface area contributed by atoms with E-state index in [0.717, 1.165) is 5.56 Å². The second-order valence-electron chi connectivity index (χ2n) is 5.04. The fourth-order valence-electron chi connectivity index (χ4n) is 1.95. The molecule has 0 radical (unpaired) electrons. The van der Waals surface area contributed by atoms with Crippen LogP contribution < -0.4 is 5.32 Å². The van der Waals surface area contributed by atoms with Crippen LogP contribution in [-0.4, -0.2) is 28.5 Å². The van der Waals surface area contributed by atoms with Gasteiger partial charge in [-0.05, 0) is 36.4 Å². The van der Waals surface area contributed by atoms with E-state index in [2.05, 4.69) is 15.3 Å². The van der Waals surface area contributed by atoms with Crippen LogP contribution >= 0.6 is 22.9 Å². The number of amides is 1. The highest BCUT2D eigenvalue weighted by atomic mass is 35.5. The second-order valence-corrected chi connectivity index (χ2v) is 6.28. The SMILES string of the molecule is O=C(COC(=O)c1ccc(Cl)nc1)Nc1nc(-c2ccc(F)cc2)cs1. The van der Waals surface area contributed by atoms with Gasteiger partial charge in [0.15, 0.2) is 11.7 Å². The fourth-order valence-corrected chi connectivity index (χ4v) is 2.80. The lowest BCUT2D eigenvalue weighted by atomic mass is 10.2. The first-order valence-electron chi connectivity index (χ1n) is 7.31. The van der Waals surface area contributed by atoms with Crippen molar-refractivity contribution in [2.75, 3.05) is 11.9 Å². The summed E-state index contributed by atoms with van der Waals surface area (Å²) >= 11 is 6.84. The van der Waals surface area contributed by atoms with E-state index in [1.807, 2.05) is 0 Å². The summed E-state index contributed by atoms with van der Waals surface area (Å²) in [5.74, 6) is -1.55. The molecule has 0 bridgehead atoms. The lowest BCUT2D eigenvalue weighted by Crippen LogP contribution is -2.20. The van der Waals surface area contributed by atoms with Crippen molar-refractivity contribution in [1.29, 1.82) is 0 Å². The van der Waals surface area contributed by atoms with Crippen LogP contribution in [0.3, 0.4) is 0 Å². The summed E-state index contributed by atoms with van der Waals surface area (Å²) in [5.41, 5.74) is 1.52. The van der Waals surface area contributed by atoms with Crippen molar-refractivity contribution in [2.45, 2.75) is 0 Å². The average Bonchev–Trinajstić information content (AvgIpc) is 3.09. The third-order valence-corrected chi connectivity index (χ3v) is 4.17. The first kappa shape index (κ1) is 18.0. The normalized spacial score (nSPS) is 10.4. The number of halogens is 2. The summed E-state index contributed by atoms with van der Waals surface area (Å²) in [6.45, 7) is -0.465. The van der Waals surface area contributed by atoms with E-state index < -0.39 is 18.5 Å². The molecular weight excluding hydrogens is 381 g/mol. The number of rotatable bonds is 5. The van der Waals surface area contributed by atoms with E-state index in [4.69, 9.17) is 16.3 Å². The predicted octanol–water partition coefficient (Wildman–Crippen LogP) is 3.79. The number of hydrogen-bond donors (Lipinski definition) is 1. The number of aromatic nitrogens is 2. The van der Waals surface area contributed by atoms with Crippen LogP contribution in [0.4, 0.5) is 9.52 Å². The van der Waals surface area contributed by atoms with Crippen LogP contribution in [0.5, 0.6) is 0 Å². The minimum Gasteiger partial charge on any atom is -0.452 e. The van der Waals surface area contributed by atoms with E-state index in [-0.39, 0.29) is 16.5 Å². The van der Waals surface area contributed by atoms with Gasteiger partial charge < -0.3 is 4.74 Å². The number of nitrogens with zero attached hydrogens (tertiary/aromatic N) is 2. The van der Waals surface area contributed by atoms with Gasteiger partial charge in [0.05, 0.1) is 11.3 Å². The number of esters is 1. The molecule has 3 aromatic rings. The smallest absolute Gasteiger partial charge is 0.340 e. The summed E-state index contributed by atoms with van der Waals surface area (Å²) in [6.07, 6.45) is 1.26. The zero-order valence-electron chi connectivity index (χ0n) is 13.1. The van der Waals surface area contributed by atoms with Crippen molar-refractivity contribution >= 4 is 39.9 Å². The number of nitrogens with one attached hydrogen (secondary N) is 1. The lowest BCUT2D eigenvalue weighted by molar-refractivity contribution is -0.119. The number of carbonyl (C=O) groups is 2. The lowest BCUT2D eigenvalue weighted by Gasteiger charge is -2.04. The Bertz CT molecular complexity index is 929. The number of thiazole rings is 1. The Hall–Kier alpha value is -2.84. The number of anilines is 1. The van der Waals surface area contributed by atoms with Gasteiger partial charge in [0, 0.05) is 17.1 Å². The molecule has 6 nitrogen and oxygen atoms in total. The molecule has 0 aliphatic heterocycles. The first-order chi connectivity index (χ1) is 12.5. The van der Waals surface area contributed by atoms with Crippen LogP contribution in [0.25, 0.3) is 11.3 Å². The molecule has 3 rings (SSSR count). The highest BCUT2D eigenvalue weighted by Crippen LogP contribution is 2.24. The first-order valence-corrected chi connectivity index (χ1v) is 8.57. The average molecular weight is 392 g/mol. The quantitative estimate of drug-likeness (QED) is 0.528. The molecule has 0 atom stereocenters. The van der Waals surface area contributed by atoms with Gasteiger partial charge in [-0.2, -0.15) is 0 Å². The Morgan fingerprint density at radius 3 is 2.65 bits per heavy atom. The molecule has 0 aliphatic carbocycles. The van der Waals surface area contributed by atoms with E-state index >= 15 is 0 Å². The summed E-state index contributed by atoms with van der Waals surface area (Å²) in [6, 6.07) is 8.75. The van der Waals surface area contributed by atoms with E-state index in [0.29, 0.717) is 10.8 Å². The van der Waals surface area contributed by atoms with E-state index in [1.54, 1.807) is 17.5 Å². The molecule has 26 heavy (non-hydrogen) atoms. The molecule has 2 aromatic heterocycles. The van der Waals surface area contributed by atoms with Gasteiger partial charge in [0.25, 0.3) is 5.91 Å². The van der Waals surface area contributed by atoms with Crippen LogP contribution in [-0.2, 0) is 9.53 Å². The maximum Gasteiger partial charge on any atom is 0.340 e. The van der Waals surface area contributed by atoms with Crippen molar-refractivity contribution in [2.24, 2.45) is 0 Å². The third-order valence-electron chi connectivity index (χ3n) is 3.19. The van der Waals surface area contributed by atoms with E-state index in [1.165, 1.54) is 41.8 Å². The van der Waals surface area contributed by atoms with Crippen molar-refractivity contribution in [3.8, 4) is 11.3 Å². The second kappa shape index (κ2) is 8.03. The molecule has 0 fully saturated rings. The number of carbonyl (C=O) groups excluding carboxylic acids is 2. The number of benzene rings is 1. The Morgan fingerprint density at radius 2 is 1.96 bits per heavy atom. The summed E-state index contributed by atoms with van der Waals surface area (Å²) in [5, 5.41) is 4.87. The van der Waals surface area contributed by atoms with Crippen molar-refractivity contribution in [3.63, 3.8) is 0 Å².